The van der Waals surface area contributed by atoms with Crippen molar-refractivity contribution < 1.29 is 14.3 Å². The summed E-state index contributed by atoms with van der Waals surface area (Å²) in [5.74, 6) is 0.780. The van der Waals surface area contributed by atoms with Gasteiger partial charge in [0.2, 0.25) is 11.8 Å². The van der Waals surface area contributed by atoms with E-state index in [9.17, 15) is 10.1 Å². The van der Waals surface area contributed by atoms with E-state index in [1.54, 1.807) is 28.1 Å². The Morgan fingerprint density at radius 3 is 2.94 bits per heavy atom. The summed E-state index contributed by atoms with van der Waals surface area (Å²) in [4.78, 5) is 33.7. The van der Waals surface area contributed by atoms with Crippen LogP contribution >= 0.6 is 11.3 Å². The first-order valence-electron chi connectivity index (χ1n) is 10.5. The van der Waals surface area contributed by atoms with Gasteiger partial charge in [-0.2, -0.15) is 5.26 Å². The van der Waals surface area contributed by atoms with Crippen molar-refractivity contribution in [2.75, 3.05) is 31.6 Å². The summed E-state index contributed by atoms with van der Waals surface area (Å²) in [6.45, 7) is 2.39. The van der Waals surface area contributed by atoms with E-state index in [-0.39, 0.29) is 12.0 Å². The van der Waals surface area contributed by atoms with Crippen molar-refractivity contribution in [1.29, 1.82) is 5.26 Å². The Morgan fingerprint density at radius 1 is 1.24 bits per heavy atom. The summed E-state index contributed by atoms with van der Waals surface area (Å²) in [6.07, 6.45) is 4.54. The van der Waals surface area contributed by atoms with Crippen molar-refractivity contribution in [3.05, 3.63) is 52.0 Å². The molecule has 1 atom stereocenters. The number of carbonyl (C=O) groups excluding carboxylic acids is 1. The molecule has 0 radical (unpaired) electrons. The standard InChI is InChI=1S/C22H21N7O3S/c1-31-20-14(7-23)6-15(8-24-20)28-5-3-18-17(10-28)21(26-12-25-18)32-16-2-4-29(9-16)22(30)19-11-33-13-27-19/h6,8,11-13,16H,2-5,9-10H2,1H3. The van der Waals surface area contributed by atoms with Gasteiger partial charge < -0.3 is 19.3 Å². The molecule has 0 spiro atoms. The maximum absolute atomic E-state index is 12.6. The predicted molar refractivity (Wildman–Crippen MR) is 119 cm³/mol. The van der Waals surface area contributed by atoms with Gasteiger partial charge in [0.1, 0.15) is 29.8 Å². The van der Waals surface area contributed by atoms with Gasteiger partial charge in [-0.25, -0.2) is 19.9 Å². The second-order valence-electron chi connectivity index (χ2n) is 7.79. The molecule has 2 aliphatic heterocycles. The van der Waals surface area contributed by atoms with Crippen LogP contribution in [0.15, 0.2) is 29.5 Å². The van der Waals surface area contributed by atoms with Crippen molar-refractivity contribution >= 4 is 22.9 Å². The molecular weight excluding hydrogens is 442 g/mol. The van der Waals surface area contributed by atoms with E-state index in [1.165, 1.54) is 24.8 Å². The molecule has 1 fully saturated rings. The lowest BCUT2D eigenvalue weighted by atomic mass is 10.1. The number of anilines is 1. The molecule has 1 unspecified atom stereocenters. The molecule has 10 nitrogen and oxygen atoms in total. The van der Waals surface area contributed by atoms with Crippen LogP contribution in [0.4, 0.5) is 5.69 Å². The molecule has 1 amide bonds. The number of rotatable bonds is 5. The number of hydrogen-bond donors (Lipinski definition) is 0. The fourth-order valence-corrected chi connectivity index (χ4v) is 4.67. The number of thiazole rings is 1. The number of ether oxygens (including phenoxy) is 2. The Labute approximate surface area is 194 Å². The normalized spacial score (nSPS) is 17.4. The molecule has 5 rings (SSSR count). The van der Waals surface area contributed by atoms with E-state index in [0.29, 0.717) is 42.7 Å². The first-order chi connectivity index (χ1) is 16.2. The number of fused-ring (bicyclic) bond motifs is 1. The van der Waals surface area contributed by atoms with Crippen LogP contribution in [0.1, 0.15) is 33.7 Å². The lowest BCUT2D eigenvalue weighted by molar-refractivity contribution is 0.0766. The van der Waals surface area contributed by atoms with E-state index < -0.39 is 0 Å². The number of amides is 1. The predicted octanol–water partition coefficient (Wildman–Crippen LogP) is 2.06. The zero-order valence-electron chi connectivity index (χ0n) is 18.0. The number of pyridine rings is 1. The Morgan fingerprint density at radius 2 is 2.15 bits per heavy atom. The lowest BCUT2D eigenvalue weighted by Gasteiger charge is -2.31. The zero-order valence-corrected chi connectivity index (χ0v) is 18.8. The van der Waals surface area contributed by atoms with Crippen LogP contribution in [0.2, 0.25) is 0 Å². The topological polar surface area (TPSA) is 117 Å². The minimum Gasteiger partial charge on any atom is -0.480 e. The van der Waals surface area contributed by atoms with Crippen molar-refractivity contribution in [1.82, 2.24) is 24.8 Å². The van der Waals surface area contributed by atoms with Crippen LogP contribution < -0.4 is 14.4 Å². The lowest BCUT2D eigenvalue weighted by Crippen LogP contribution is -2.33. The third kappa shape index (κ3) is 4.17. The van der Waals surface area contributed by atoms with Crippen molar-refractivity contribution in [3.63, 3.8) is 0 Å². The number of carbonyl (C=O) groups is 1. The maximum atomic E-state index is 12.6. The van der Waals surface area contributed by atoms with Crippen LogP contribution in [-0.4, -0.2) is 63.6 Å². The number of likely N-dealkylation sites (tertiary alicyclic amines) is 1. The van der Waals surface area contributed by atoms with Crippen LogP contribution in [0.25, 0.3) is 0 Å². The van der Waals surface area contributed by atoms with Gasteiger partial charge in [-0.1, -0.05) is 0 Å². The Bertz CT molecular complexity index is 1210. The summed E-state index contributed by atoms with van der Waals surface area (Å²) in [6, 6.07) is 3.91. The molecular formula is C22H21N7O3S. The summed E-state index contributed by atoms with van der Waals surface area (Å²) >= 11 is 1.41. The van der Waals surface area contributed by atoms with E-state index in [1.807, 2.05) is 0 Å². The van der Waals surface area contributed by atoms with Gasteiger partial charge in [-0.05, 0) is 6.07 Å². The van der Waals surface area contributed by atoms with E-state index in [4.69, 9.17) is 9.47 Å². The number of methoxy groups -OCH3 is 1. The average Bonchev–Trinajstić information content (AvgIpc) is 3.56. The van der Waals surface area contributed by atoms with E-state index >= 15 is 0 Å². The van der Waals surface area contributed by atoms with Gasteiger partial charge >= 0.3 is 0 Å². The molecule has 3 aromatic rings. The van der Waals surface area contributed by atoms with Crippen molar-refractivity contribution in [2.45, 2.75) is 25.5 Å². The highest BCUT2D eigenvalue weighted by atomic mass is 32.1. The highest BCUT2D eigenvalue weighted by Gasteiger charge is 2.31. The van der Waals surface area contributed by atoms with Crippen molar-refractivity contribution in [2.24, 2.45) is 0 Å². The molecule has 0 saturated carbocycles. The van der Waals surface area contributed by atoms with E-state index in [2.05, 4.69) is 30.9 Å². The van der Waals surface area contributed by atoms with Crippen LogP contribution in [0.3, 0.4) is 0 Å². The van der Waals surface area contributed by atoms with Crippen LogP contribution in [-0.2, 0) is 13.0 Å². The molecule has 2 aliphatic rings. The largest absolute Gasteiger partial charge is 0.480 e. The molecule has 5 heterocycles. The fourth-order valence-electron chi connectivity index (χ4n) is 4.14. The summed E-state index contributed by atoms with van der Waals surface area (Å²) in [5, 5.41) is 11.2. The number of nitriles is 1. The molecule has 0 aromatic carbocycles. The second-order valence-corrected chi connectivity index (χ2v) is 8.51. The molecule has 3 aromatic heterocycles. The third-order valence-electron chi connectivity index (χ3n) is 5.84. The van der Waals surface area contributed by atoms with Crippen LogP contribution in [0.5, 0.6) is 11.8 Å². The number of hydrogen-bond acceptors (Lipinski definition) is 10. The first-order valence-corrected chi connectivity index (χ1v) is 11.5. The first kappa shape index (κ1) is 21.1. The molecule has 11 heteroatoms. The number of aromatic nitrogens is 4. The summed E-state index contributed by atoms with van der Waals surface area (Å²) in [7, 11) is 1.50. The highest BCUT2D eigenvalue weighted by molar-refractivity contribution is 7.07. The molecule has 1 saturated heterocycles. The quantitative estimate of drug-likeness (QED) is 0.560. The molecule has 0 bridgehead atoms. The smallest absolute Gasteiger partial charge is 0.273 e. The number of nitrogens with zero attached hydrogens (tertiary/aromatic N) is 7. The summed E-state index contributed by atoms with van der Waals surface area (Å²) < 4.78 is 11.4. The average molecular weight is 464 g/mol. The van der Waals surface area contributed by atoms with Gasteiger partial charge in [-0.15, -0.1) is 11.3 Å². The molecule has 0 aliphatic carbocycles. The van der Waals surface area contributed by atoms with Crippen molar-refractivity contribution in [3.8, 4) is 17.8 Å². The Hall–Kier alpha value is -3.78. The third-order valence-corrected chi connectivity index (χ3v) is 6.43. The second kappa shape index (κ2) is 8.99. The molecule has 168 valence electrons. The Kier molecular flexibility index (Phi) is 5.75. The SMILES string of the molecule is COc1ncc(N2CCc3ncnc(OC4CCN(C(=O)c5cscn5)C4)c3C2)cc1C#N. The fraction of sp³-hybridized carbons (Fsp3) is 0.364. The highest BCUT2D eigenvalue weighted by Crippen LogP contribution is 2.31. The van der Waals surface area contributed by atoms with Gasteiger partial charge in [-0.3, -0.25) is 4.79 Å². The minimum absolute atomic E-state index is 0.0708. The van der Waals surface area contributed by atoms with Gasteiger partial charge in [0.25, 0.3) is 5.91 Å². The van der Waals surface area contributed by atoms with E-state index in [0.717, 1.165) is 36.3 Å². The molecule has 0 N–H and O–H groups in total. The minimum atomic E-state index is -0.144. The summed E-state index contributed by atoms with van der Waals surface area (Å²) in [5.41, 5.74) is 5.22. The van der Waals surface area contributed by atoms with Gasteiger partial charge in [0, 0.05) is 31.3 Å². The maximum Gasteiger partial charge on any atom is 0.273 e. The Balaban J connectivity index is 1.31. The monoisotopic (exact) mass is 463 g/mol. The van der Waals surface area contributed by atoms with Gasteiger partial charge in [0.05, 0.1) is 48.9 Å². The van der Waals surface area contributed by atoms with Crippen LogP contribution in [0, 0.1) is 11.3 Å². The van der Waals surface area contributed by atoms with Gasteiger partial charge in [0.15, 0.2) is 0 Å². The zero-order chi connectivity index (χ0) is 22.8. The molecule has 33 heavy (non-hydrogen) atoms.